The zero-order valence-electron chi connectivity index (χ0n) is 12.8. The van der Waals surface area contributed by atoms with Crippen LogP contribution in [0.2, 0.25) is 0 Å². The van der Waals surface area contributed by atoms with Crippen molar-refractivity contribution in [2.75, 3.05) is 12.8 Å². The van der Waals surface area contributed by atoms with Gasteiger partial charge in [0, 0.05) is 23.9 Å². The largest absolute Gasteiger partial charge is 0.444 e. The van der Waals surface area contributed by atoms with Crippen molar-refractivity contribution in [2.24, 2.45) is 0 Å². The number of ether oxygens (including phenoxy) is 1. The molecule has 2 N–H and O–H groups in total. The van der Waals surface area contributed by atoms with Crippen LogP contribution in [0.15, 0.2) is 0 Å². The van der Waals surface area contributed by atoms with E-state index in [0.717, 1.165) is 5.25 Å². The molecule has 0 radical (unpaired) electrons. The minimum atomic E-state index is -0.433. The summed E-state index contributed by atoms with van der Waals surface area (Å²) in [4.78, 5) is 11.5. The Balaban J connectivity index is 2.18. The maximum absolute atomic E-state index is 11.5. The highest BCUT2D eigenvalue weighted by Crippen LogP contribution is 2.28. The summed E-state index contributed by atoms with van der Waals surface area (Å²) in [5, 5.41) is 7.18. The average Bonchev–Trinajstić information content (AvgIpc) is 2.72. The third kappa shape index (κ3) is 7.06. The molecule has 0 bridgehead atoms. The third-order valence-corrected chi connectivity index (χ3v) is 4.28. The highest BCUT2D eigenvalue weighted by Gasteiger charge is 2.25. The zero-order chi connectivity index (χ0) is 14.5. The molecular formula is C14H28N2O2S. The normalized spacial score (nSPS) is 25.1. The highest BCUT2D eigenvalue weighted by molar-refractivity contribution is 7.99. The summed E-state index contributed by atoms with van der Waals surface area (Å²) in [6, 6.07) is 0.867. The van der Waals surface area contributed by atoms with Gasteiger partial charge < -0.3 is 15.4 Å². The van der Waals surface area contributed by atoms with E-state index in [-0.39, 0.29) is 12.1 Å². The van der Waals surface area contributed by atoms with Crippen LogP contribution in [-0.2, 0) is 4.74 Å². The lowest BCUT2D eigenvalue weighted by Gasteiger charge is -2.22. The molecule has 0 heterocycles. The second kappa shape index (κ2) is 7.39. The Labute approximate surface area is 121 Å². The van der Waals surface area contributed by atoms with E-state index in [0.29, 0.717) is 12.6 Å². The van der Waals surface area contributed by atoms with Crippen molar-refractivity contribution in [1.29, 1.82) is 0 Å². The van der Waals surface area contributed by atoms with Crippen molar-refractivity contribution in [2.45, 2.75) is 69.9 Å². The van der Waals surface area contributed by atoms with Gasteiger partial charge in [-0.15, -0.1) is 0 Å². The van der Waals surface area contributed by atoms with E-state index in [1.165, 1.54) is 19.3 Å². The first-order valence-electron chi connectivity index (χ1n) is 7.06. The molecule has 0 spiro atoms. The zero-order valence-corrected chi connectivity index (χ0v) is 13.6. The van der Waals surface area contributed by atoms with Crippen LogP contribution in [0.5, 0.6) is 0 Å². The molecular weight excluding hydrogens is 260 g/mol. The van der Waals surface area contributed by atoms with Crippen molar-refractivity contribution < 1.29 is 9.53 Å². The number of hydrogen-bond acceptors (Lipinski definition) is 4. The summed E-state index contributed by atoms with van der Waals surface area (Å²) < 4.78 is 5.21. The molecule has 0 aromatic heterocycles. The maximum Gasteiger partial charge on any atom is 0.407 e. The minimum Gasteiger partial charge on any atom is -0.444 e. The predicted octanol–water partition coefficient (Wildman–Crippen LogP) is 2.77. The molecule has 3 atom stereocenters. The fourth-order valence-electron chi connectivity index (χ4n) is 2.32. The number of alkyl carbamates (subject to hydrolysis) is 1. The van der Waals surface area contributed by atoms with E-state index in [9.17, 15) is 4.79 Å². The molecule has 3 unspecified atom stereocenters. The fourth-order valence-corrected chi connectivity index (χ4v) is 3.11. The second-order valence-corrected chi connectivity index (χ2v) is 7.46. The number of carbonyl (C=O) groups is 1. The summed E-state index contributed by atoms with van der Waals surface area (Å²) in [6.07, 6.45) is 5.61. The molecule has 4 nitrogen and oxygen atoms in total. The Morgan fingerprint density at radius 3 is 2.63 bits per heavy atom. The molecule has 1 amide bonds. The SMILES string of the molecule is CSC1CCC(NC(C)CNC(=O)OC(C)(C)C)C1. The van der Waals surface area contributed by atoms with Gasteiger partial charge >= 0.3 is 6.09 Å². The monoisotopic (exact) mass is 288 g/mol. The molecule has 1 fully saturated rings. The van der Waals surface area contributed by atoms with Crippen molar-refractivity contribution in [3.8, 4) is 0 Å². The number of nitrogens with one attached hydrogen (secondary N) is 2. The molecule has 0 saturated heterocycles. The van der Waals surface area contributed by atoms with Crippen LogP contribution in [0.4, 0.5) is 4.79 Å². The lowest BCUT2D eigenvalue weighted by Crippen LogP contribution is -2.44. The Morgan fingerprint density at radius 1 is 1.42 bits per heavy atom. The Bertz CT molecular complexity index is 292. The van der Waals surface area contributed by atoms with Crippen molar-refractivity contribution in [1.82, 2.24) is 10.6 Å². The van der Waals surface area contributed by atoms with E-state index in [1.807, 2.05) is 32.5 Å². The first-order valence-corrected chi connectivity index (χ1v) is 8.34. The maximum atomic E-state index is 11.5. The number of hydrogen-bond donors (Lipinski definition) is 2. The van der Waals surface area contributed by atoms with Crippen LogP contribution < -0.4 is 10.6 Å². The molecule has 5 heteroatoms. The third-order valence-electron chi connectivity index (χ3n) is 3.19. The van der Waals surface area contributed by atoms with Gasteiger partial charge in [-0.25, -0.2) is 4.79 Å². The second-order valence-electron chi connectivity index (χ2n) is 6.32. The Morgan fingerprint density at radius 2 is 2.11 bits per heavy atom. The van der Waals surface area contributed by atoms with Gasteiger partial charge in [-0.3, -0.25) is 0 Å². The standard InChI is InChI=1S/C14H28N2O2S/c1-10(9-15-13(17)18-14(2,3)4)16-11-6-7-12(8-11)19-5/h10-12,16H,6-9H2,1-5H3,(H,15,17). The summed E-state index contributed by atoms with van der Waals surface area (Å²) in [5.41, 5.74) is -0.433. The summed E-state index contributed by atoms with van der Waals surface area (Å²) >= 11 is 1.96. The van der Waals surface area contributed by atoms with Gasteiger partial charge in [0.25, 0.3) is 0 Å². The summed E-state index contributed by atoms with van der Waals surface area (Å²) in [5.74, 6) is 0. The van der Waals surface area contributed by atoms with Gasteiger partial charge in [0.1, 0.15) is 5.60 Å². The molecule has 1 rings (SSSR count). The molecule has 1 aliphatic carbocycles. The lowest BCUT2D eigenvalue weighted by atomic mass is 10.2. The van der Waals surface area contributed by atoms with E-state index in [4.69, 9.17) is 4.74 Å². The number of carbonyl (C=O) groups excluding carboxylic acids is 1. The molecule has 0 aromatic rings. The molecule has 19 heavy (non-hydrogen) atoms. The van der Waals surface area contributed by atoms with Crippen LogP contribution in [-0.4, -0.2) is 41.8 Å². The number of amides is 1. The smallest absolute Gasteiger partial charge is 0.407 e. The molecule has 0 aliphatic heterocycles. The molecule has 1 saturated carbocycles. The van der Waals surface area contributed by atoms with Crippen molar-refractivity contribution in [3.63, 3.8) is 0 Å². The van der Waals surface area contributed by atoms with Gasteiger partial charge in [0.05, 0.1) is 0 Å². The van der Waals surface area contributed by atoms with Gasteiger partial charge in [0.2, 0.25) is 0 Å². The van der Waals surface area contributed by atoms with Gasteiger partial charge in [-0.2, -0.15) is 11.8 Å². The summed E-state index contributed by atoms with van der Waals surface area (Å²) in [7, 11) is 0. The first-order chi connectivity index (χ1) is 8.80. The lowest BCUT2D eigenvalue weighted by molar-refractivity contribution is 0.0522. The van der Waals surface area contributed by atoms with Crippen molar-refractivity contribution >= 4 is 17.9 Å². The van der Waals surface area contributed by atoms with Crippen LogP contribution in [0.1, 0.15) is 47.0 Å². The summed E-state index contributed by atoms with van der Waals surface area (Å²) in [6.45, 7) is 8.32. The van der Waals surface area contributed by atoms with Gasteiger partial charge in [-0.05, 0) is 53.2 Å². The van der Waals surface area contributed by atoms with E-state index >= 15 is 0 Å². The van der Waals surface area contributed by atoms with Gasteiger partial charge in [-0.1, -0.05) is 0 Å². The van der Waals surface area contributed by atoms with E-state index in [2.05, 4.69) is 23.8 Å². The molecule has 112 valence electrons. The van der Waals surface area contributed by atoms with Crippen LogP contribution in [0.3, 0.4) is 0 Å². The highest BCUT2D eigenvalue weighted by atomic mass is 32.2. The Hall–Kier alpha value is -0.420. The van der Waals surface area contributed by atoms with E-state index in [1.54, 1.807) is 0 Å². The van der Waals surface area contributed by atoms with Crippen molar-refractivity contribution in [3.05, 3.63) is 0 Å². The quantitative estimate of drug-likeness (QED) is 0.817. The number of thioether (sulfide) groups is 1. The molecule has 0 aromatic carbocycles. The first kappa shape index (κ1) is 16.6. The fraction of sp³-hybridized carbons (Fsp3) is 0.929. The van der Waals surface area contributed by atoms with Crippen LogP contribution >= 0.6 is 11.8 Å². The van der Waals surface area contributed by atoms with Crippen LogP contribution in [0.25, 0.3) is 0 Å². The predicted molar refractivity (Wildman–Crippen MR) is 81.8 cm³/mol. The van der Waals surface area contributed by atoms with Crippen LogP contribution in [0, 0.1) is 0 Å². The average molecular weight is 288 g/mol. The number of rotatable bonds is 5. The molecule has 1 aliphatic rings. The van der Waals surface area contributed by atoms with Gasteiger partial charge in [0.15, 0.2) is 0 Å². The minimum absolute atomic E-state index is 0.276. The van der Waals surface area contributed by atoms with E-state index < -0.39 is 5.60 Å². The topological polar surface area (TPSA) is 50.4 Å². The Kier molecular flexibility index (Phi) is 6.47.